The maximum Gasteiger partial charge on any atom is 3.00 e. The Kier molecular flexibility index (Phi) is 229. The van der Waals surface area contributed by atoms with Crippen LogP contribution in [0.25, 0.3) is 0 Å². The molecule has 14 heavy (non-hydrogen) atoms. The molecule has 0 atom stereocenters. The van der Waals surface area contributed by atoms with E-state index in [1.54, 1.807) is 27.7 Å². The van der Waals surface area contributed by atoms with Crippen molar-refractivity contribution in [1.82, 2.24) is 0 Å². The largest absolute Gasteiger partial charge is 3.00 e. The second-order valence-electron chi connectivity index (χ2n) is 1.15. The van der Waals surface area contributed by atoms with Gasteiger partial charge in [0.05, 0.1) is 0 Å². The van der Waals surface area contributed by atoms with Gasteiger partial charge in [-0.05, 0) is 0 Å². The fraction of sp³-hybridized carbons (Fsp3) is 1.00. The summed E-state index contributed by atoms with van der Waals surface area (Å²) in [6.45, 7) is 6.28. The van der Waals surface area contributed by atoms with Crippen molar-refractivity contribution in [1.29, 1.82) is 0 Å². The van der Waals surface area contributed by atoms with Gasteiger partial charge in [0, 0.05) is 0 Å². The van der Waals surface area contributed by atoms with Crippen LogP contribution in [0, 0.1) is 0 Å². The normalized spacial score (nSPS) is 5.14. The Balaban J connectivity index is -0.0000000145. The van der Waals surface area contributed by atoms with Crippen LogP contribution < -0.4 is 20.4 Å². The van der Waals surface area contributed by atoms with Crippen molar-refractivity contribution in [2.45, 2.75) is 27.7 Å². The molecular formula is C8H20O4RhTl. The molecule has 88 valence electrons. The van der Waals surface area contributed by atoms with Gasteiger partial charge in [-0.3, -0.25) is 0 Å². The van der Waals surface area contributed by atoms with Crippen LogP contribution in [-0.4, -0.2) is 53.7 Å². The quantitative estimate of drug-likeness (QED) is 0.343. The molecule has 0 heterocycles. The molecule has 0 aromatic carbocycles. The Labute approximate surface area is 121 Å². The third kappa shape index (κ3) is 1070. The van der Waals surface area contributed by atoms with Crippen LogP contribution in [0.15, 0.2) is 0 Å². The fourth-order valence-electron chi connectivity index (χ4n) is 0. The minimum atomic E-state index is 0. The molecule has 0 spiro atoms. The van der Waals surface area contributed by atoms with E-state index in [2.05, 4.69) is 0 Å². The number of hydrogen-bond acceptors (Lipinski definition) is 4. The van der Waals surface area contributed by atoms with Crippen LogP contribution >= 0.6 is 0 Å². The predicted molar refractivity (Wildman–Crippen MR) is 47.9 cm³/mol. The zero-order valence-electron chi connectivity index (χ0n) is 9.37. The molecule has 0 amide bonds. The molecule has 0 bridgehead atoms. The molecule has 6 heteroatoms. The van der Waals surface area contributed by atoms with E-state index in [9.17, 15) is 0 Å². The molecule has 0 N–H and O–H groups in total. The van der Waals surface area contributed by atoms with Gasteiger partial charge in [0.15, 0.2) is 0 Å². The molecule has 0 saturated heterocycles. The first-order valence-corrected chi connectivity index (χ1v) is 3.98. The van der Waals surface area contributed by atoms with Gasteiger partial charge in [-0.2, -0.15) is 0 Å². The third-order valence-electron chi connectivity index (χ3n) is 0. The Morgan fingerprint density at radius 3 is 0.571 bits per heavy atom. The van der Waals surface area contributed by atoms with Gasteiger partial charge in [0.25, 0.3) is 0 Å². The van der Waals surface area contributed by atoms with E-state index in [0.717, 1.165) is 0 Å². The van der Waals surface area contributed by atoms with Crippen LogP contribution in [0.1, 0.15) is 27.7 Å². The van der Waals surface area contributed by atoms with Gasteiger partial charge in [0.2, 0.25) is 0 Å². The van der Waals surface area contributed by atoms with E-state index in [1.807, 2.05) is 0 Å². The Hall–Kier alpha value is 1.39. The molecular weight excluding hydrogens is 467 g/mol. The van der Waals surface area contributed by atoms with E-state index in [4.69, 9.17) is 20.4 Å². The van der Waals surface area contributed by atoms with Crippen molar-refractivity contribution in [2.24, 2.45) is 0 Å². The van der Waals surface area contributed by atoms with Crippen molar-refractivity contribution in [3.05, 3.63) is 0 Å². The first kappa shape index (κ1) is 36.1. The SMILES string of the molecule is CC[O-].CC[O-].CC[O-].CC[O-].[Rh+3].[Tl+]. The summed E-state index contributed by atoms with van der Waals surface area (Å²) in [5.74, 6) is 0. The second kappa shape index (κ2) is 88.9. The molecule has 0 aliphatic heterocycles. The zero-order valence-corrected chi connectivity index (χ0v) is 15.5. The van der Waals surface area contributed by atoms with Crippen molar-refractivity contribution in [3.63, 3.8) is 0 Å². The molecule has 0 radical (unpaired) electrons. The summed E-state index contributed by atoms with van der Waals surface area (Å²) >= 11 is 0. The monoisotopic (exact) mass is 488 g/mol. The van der Waals surface area contributed by atoms with Crippen molar-refractivity contribution in [3.8, 4) is 0 Å². The summed E-state index contributed by atoms with van der Waals surface area (Å²) in [5, 5.41) is 35.7. The molecule has 0 unspecified atom stereocenters. The molecule has 0 fully saturated rings. The standard InChI is InChI=1S/4C2H5O.Rh.Tl/c4*1-2-3;;/h4*2H2,1H3;;/q4*-1;+3;+1. The number of rotatable bonds is 0. The Morgan fingerprint density at radius 2 is 0.571 bits per heavy atom. The molecule has 0 aromatic heterocycles. The molecule has 4 nitrogen and oxygen atoms in total. The summed E-state index contributed by atoms with van der Waals surface area (Å²) in [7, 11) is 0. The molecule has 0 rings (SSSR count). The first-order valence-electron chi connectivity index (χ1n) is 3.98. The molecule has 0 aliphatic carbocycles. The summed E-state index contributed by atoms with van der Waals surface area (Å²) in [4.78, 5) is 0. The summed E-state index contributed by atoms with van der Waals surface area (Å²) < 4.78 is 0. The fourth-order valence-corrected chi connectivity index (χ4v) is 0. The smallest absolute Gasteiger partial charge is 0.855 e. The van der Waals surface area contributed by atoms with Crippen molar-refractivity contribution < 1.29 is 39.9 Å². The number of hydrogen-bond donors (Lipinski definition) is 0. The van der Waals surface area contributed by atoms with E-state index < -0.39 is 0 Å². The minimum Gasteiger partial charge on any atom is -0.855 e. The molecule has 0 aromatic rings. The maximum absolute atomic E-state index is 8.93. The van der Waals surface area contributed by atoms with Gasteiger partial charge < -0.3 is 20.4 Å². The molecule has 0 saturated carbocycles. The van der Waals surface area contributed by atoms with E-state index in [0.29, 0.717) is 0 Å². The van der Waals surface area contributed by atoms with Crippen LogP contribution in [0.4, 0.5) is 0 Å². The Morgan fingerprint density at radius 1 is 0.571 bits per heavy atom. The summed E-state index contributed by atoms with van der Waals surface area (Å²) in [6.07, 6.45) is 0. The summed E-state index contributed by atoms with van der Waals surface area (Å²) in [6, 6.07) is 0. The average molecular weight is 488 g/mol. The van der Waals surface area contributed by atoms with E-state index in [-0.39, 0.29) is 73.2 Å². The zero-order chi connectivity index (χ0) is 10.8. The summed E-state index contributed by atoms with van der Waals surface area (Å²) in [5.41, 5.74) is 0. The van der Waals surface area contributed by atoms with Gasteiger partial charge in [-0.15, -0.1) is 26.4 Å². The van der Waals surface area contributed by atoms with Gasteiger partial charge in [-0.25, -0.2) is 0 Å². The molecule has 0 aliphatic rings. The van der Waals surface area contributed by atoms with Gasteiger partial charge in [0.1, 0.15) is 0 Å². The van der Waals surface area contributed by atoms with E-state index >= 15 is 0 Å². The topological polar surface area (TPSA) is 92.2 Å². The minimum absolute atomic E-state index is 0. The third-order valence-corrected chi connectivity index (χ3v) is 0. The second-order valence-corrected chi connectivity index (χ2v) is 1.15. The van der Waals surface area contributed by atoms with Gasteiger partial charge in [-0.1, -0.05) is 27.7 Å². The van der Waals surface area contributed by atoms with Crippen LogP contribution in [0.5, 0.6) is 0 Å². The average Bonchev–Trinajstić information content (AvgIpc) is 1.92. The predicted octanol–water partition coefficient (Wildman–Crippen LogP) is -2.92. The van der Waals surface area contributed by atoms with Crippen LogP contribution in [0.3, 0.4) is 0 Å². The van der Waals surface area contributed by atoms with Crippen LogP contribution in [-0.2, 0) is 19.5 Å². The van der Waals surface area contributed by atoms with Crippen LogP contribution in [0.2, 0.25) is 0 Å². The van der Waals surface area contributed by atoms with Gasteiger partial charge >= 0.3 is 46.8 Å². The van der Waals surface area contributed by atoms with E-state index in [1.165, 1.54) is 0 Å². The maximum atomic E-state index is 8.93. The first-order chi connectivity index (χ1) is 5.66. The Bertz CT molecular complexity index is 29.3. The van der Waals surface area contributed by atoms with Crippen molar-refractivity contribution in [2.75, 3.05) is 26.4 Å². The van der Waals surface area contributed by atoms with Crippen molar-refractivity contribution >= 4 is 27.3 Å².